The summed E-state index contributed by atoms with van der Waals surface area (Å²) in [6.45, 7) is 0.359. The first-order valence-corrected chi connectivity index (χ1v) is 11.8. The zero-order valence-corrected chi connectivity index (χ0v) is 20.0. The van der Waals surface area contributed by atoms with Crippen LogP contribution in [0.3, 0.4) is 0 Å². The van der Waals surface area contributed by atoms with E-state index in [0.29, 0.717) is 39.2 Å². The van der Waals surface area contributed by atoms with Crippen LogP contribution >= 0.6 is 11.6 Å². The number of fused-ring (bicyclic) bond motifs is 2. The lowest BCUT2D eigenvalue weighted by Crippen LogP contribution is -2.25. The van der Waals surface area contributed by atoms with E-state index < -0.39 is 0 Å². The van der Waals surface area contributed by atoms with Crippen LogP contribution in [0.1, 0.15) is 11.1 Å². The van der Waals surface area contributed by atoms with Crippen molar-refractivity contribution in [2.24, 2.45) is 5.10 Å². The fourth-order valence-corrected chi connectivity index (χ4v) is 4.26. The molecule has 0 fully saturated rings. The van der Waals surface area contributed by atoms with E-state index in [0.717, 1.165) is 11.1 Å². The smallest absolute Gasteiger partial charge is 0.260 e. The lowest BCUT2D eigenvalue weighted by molar-refractivity contribution is -0.121. The fraction of sp³-hybridized carbons (Fsp3) is 0.0690. The number of hydrazone groups is 1. The van der Waals surface area contributed by atoms with Gasteiger partial charge in [0.15, 0.2) is 5.43 Å². The van der Waals surface area contributed by atoms with Crippen molar-refractivity contribution in [3.05, 3.63) is 123 Å². The molecule has 0 saturated heterocycles. The number of halogens is 1. The van der Waals surface area contributed by atoms with Gasteiger partial charge in [0.1, 0.15) is 18.9 Å². The minimum absolute atomic E-state index is 0.0135. The van der Waals surface area contributed by atoms with Crippen molar-refractivity contribution in [3.8, 4) is 5.75 Å². The summed E-state index contributed by atoms with van der Waals surface area (Å²) in [5.41, 5.74) is 5.59. The molecule has 1 heterocycles. The second-order valence-corrected chi connectivity index (χ2v) is 8.60. The molecule has 6 nitrogen and oxygen atoms in total. The Balaban J connectivity index is 1.29. The number of carbonyl (C=O) groups excluding carboxylic acids is 1. The number of rotatable bonds is 7. The molecule has 0 bridgehead atoms. The van der Waals surface area contributed by atoms with E-state index in [-0.39, 0.29) is 17.9 Å². The van der Waals surface area contributed by atoms with E-state index in [2.05, 4.69) is 10.5 Å². The van der Waals surface area contributed by atoms with Gasteiger partial charge in [0, 0.05) is 21.4 Å². The van der Waals surface area contributed by atoms with Crippen molar-refractivity contribution in [1.29, 1.82) is 0 Å². The average molecular weight is 496 g/mol. The normalized spacial score (nSPS) is 11.2. The van der Waals surface area contributed by atoms with Gasteiger partial charge in [0.25, 0.3) is 5.91 Å². The molecule has 1 N–H and O–H groups in total. The lowest BCUT2D eigenvalue weighted by atomic mass is 10.1. The third-order valence-corrected chi connectivity index (χ3v) is 6.16. The Morgan fingerprint density at radius 2 is 1.56 bits per heavy atom. The van der Waals surface area contributed by atoms with Crippen LogP contribution in [0.5, 0.6) is 5.75 Å². The van der Waals surface area contributed by atoms with Crippen LogP contribution in [-0.4, -0.2) is 16.7 Å². The van der Waals surface area contributed by atoms with Gasteiger partial charge in [-0.2, -0.15) is 5.10 Å². The predicted molar refractivity (Wildman–Crippen MR) is 144 cm³/mol. The van der Waals surface area contributed by atoms with Gasteiger partial charge in [-0.1, -0.05) is 66.2 Å². The van der Waals surface area contributed by atoms with E-state index in [9.17, 15) is 9.59 Å². The molecule has 1 amide bonds. The van der Waals surface area contributed by atoms with Gasteiger partial charge in [-0.25, -0.2) is 5.43 Å². The molecule has 36 heavy (non-hydrogen) atoms. The van der Waals surface area contributed by atoms with E-state index in [1.807, 2.05) is 89.5 Å². The van der Waals surface area contributed by atoms with Gasteiger partial charge in [-0.15, -0.1) is 0 Å². The Morgan fingerprint density at radius 1 is 0.889 bits per heavy atom. The van der Waals surface area contributed by atoms with E-state index >= 15 is 0 Å². The second kappa shape index (κ2) is 10.5. The maximum Gasteiger partial charge on any atom is 0.260 e. The summed E-state index contributed by atoms with van der Waals surface area (Å²) in [4.78, 5) is 25.6. The van der Waals surface area contributed by atoms with E-state index in [1.165, 1.54) is 0 Å². The first-order chi connectivity index (χ1) is 17.6. The third-order valence-electron chi connectivity index (χ3n) is 5.79. The molecule has 0 aliphatic heterocycles. The number of nitrogens with one attached hydrogen (secondary N) is 1. The third kappa shape index (κ3) is 4.99. The Bertz CT molecular complexity index is 1600. The first kappa shape index (κ1) is 23.3. The molecule has 1 aromatic heterocycles. The highest BCUT2D eigenvalue weighted by atomic mass is 35.5. The molecule has 0 atom stereocenters. The van der Waals surface area contributed by atoms with E-state index in [4.69, 9.17) is 16.3 Å². The topological polar surface area (TPSA) is 72.7 Å². The maximum atomic E-state index is 12.9. The number of nitrogens with zero attached hydrogens (tertiary/aromatic N) is 2. The molecule has 0 spiro atoms. The monoisotopic (exact) mass is 495 g/mol. The summed E-state index contributed by atoms with van der Waals surface area (Å²) in [6, 6.07) is 29.5. The molecule has 0 aliphatic carbocycles. The molecule has 0 unspecified atom stereocenters. The second-order valence-electron chi connectivity index (χ2n) is 8.20. The lowest BCUT2D eigenvalue weighted by Gasteiger charge is -2.14. The minimum Gasteiger partial charge on any atom is -0.489 e. The van der Waals surface area contributed by atoms with Crippen molar-refractivity contribution in [3.63, 3.8) is 0 Å². The molecular formula is C29H22ClN3O3. The highest BCUT2D eigenvalue weighted by Crippen LogP contribution is 2.20. The van der Waals surface area contributed by atoms with Gasteiger partial charge in [0.2, 0.25) is 0 Å². The summed E-state index contributed by atoms with van der Waals surface area (Å²) >= 11 is 6.19. The van der Waals surface area contributed by atoms with Crippen LogP contribution in [0.4, 0.5) is 0 Å². The number of aromatic nitrogens is 1. The number of carbonyl (C=O) groups is 1. The molecule has 0 aliphatic rings. The molecule has 178 valence electrons. The molecular weight excluding hydrogens is 474 g/mol. The van der Waals surface area contributed by atoms with Crippen LogP contribution in [0, 0.1) is 0 Å². The highest BCUT2D eigenvalue weighted by molar-refractivity contribution is 6.31. The average Bonchev–Trinajstić information content (AvgIpc) is 2.91. The Kier molecular flexibility index (Phi) is 6.78. The van der Waals surface area contributed by atoms with Crippen LogP contribution < -0.4 is 15.6 Å². The number of hydrogen-bond donors (Lipinski definition) is 1. The first-order valence-electron chi connectivity index (χ1n) is 11.4. The van der Waals surface area contributed by atoms with Gasteiger partial charge < -0.3 is 9.30 Å². The van der Waals surface area contributed by atoms with Gasteiger partial charge in [0.05, 0.1) is 17.2 Å². The molecule has 7 heteroatoms. The Labute approximate surface area is 212 Å². The van der Waals surface area contributed by atoms with Gasteiger partial charge in [-0.3, -0.25) is 9.59 Å². The molecule has 5 aromatic rings. The number of para-hydroxylation sites is 2. The van der Waals surface area contributed by atoms with E-state index in [1.54, 1.807) is 18.3 Å². The van der Waals surface area contributed by atoms with Crippen LogP contribution in [0.25, 0.3) is 21.8 Å². The van der Waals surface area contributed by atoms with Crippen LogP contribution in [0.15, 0.2) is 107 Å². The van der Waals surface area contributed by atoms with Crippen LogP contribution in [-0.2, 0) is 17.9 Å². The molecule has 4 aromatic carbocycles. The predicted octanol–water partition coefficient (Wildman–Crippen LogP) is 5.54. The number of ether oxygens (including phenoxy) is 1. The van der Waals surface area contributed by atoms with Crippen molar-refractivity contribution in [2.75, 3.05) is 0 Å². The standard InChI is InChI=1S/C29H22ClN3O3/c30-25-13-4-1-9-21(25)19-36-22-10-7-8-20(16-22)17-31-32-28(34)18-33-26-14-5-2-11-23(26)29(35)24-12-3-6-15-27(24)33/h1-17H,18-19H2,(H,32,34)/b31-17-. The van der Waals surface area contributed by atoms with Crippen molar-refractivity contribution in [2.45, 2.75) is 13.2 Å². The SMILES string of the molecule is O=C(Cn1c2ccccc2c(=O)c2ccccc21)N/N=C\c1cccc(OCc2ccccc2Cl)c1. The minimum atomic E-state index is -0.309. The van der Waals surface area contributed by atoms with Crippen LogP contribution in [0.2, 0.25) is 5.02 Å². The van der Waals surface area contributed by atoms with Crippen molar-refractivity contribution < 1.29 is 9.53 Å². The largest absolute Gasteiger partial charge is 0.489 e. The zero-order valence-electron chi connectivity index (χ0n) is 19.2. The maximum absolute atomic E-state index is 12.9. The summed E-state index contributed by atoms with van der Waals surface area (Å²) in [5, 5.41) is 5.91. The summed E-state index contributed by atoms with van der Waals surface area (Å²) in [6.07, 6.45) is 1.56. The number of benzene rings is 4. The highest BCUT2D eigenvalue weighted by Gasteiger charge is 2.12. The molecule has 0 saturated carbocycles. The number of hydrogen-bond acceptors (Lipinski definition) is 4. The summed E-state index contributed by atoms with van der Waals surface area (Å²) < 4.78 is 7.68. The van der Waals surface area contributed by atoms with Gasteiger partial charge >= 0.3 is 0 Å². The quantitative estimate of drug-likeness (QED) is 0.183. The fourth-order valence-electron chi connectivity index (χ4n) is 4.07. The number of amides is 1. The summed E-state index contributed by atoms with van der Waals surface area (Å²) in [7, 11) is 0. The zero-order chi connectivity index (χ0) is 24.9. The van der Waals surface area contributed by atoms with Crippen molar-refractivity contribution >= 4 is 45.5 Å². The molecule has 0 radical (unpaired) electrons. The Hall–Kier alpha value is -4.42. The molecule has 5 rings (SSSR count). The number of pyridine rings is 1. The summed E-state index contributed by atoms with van der Waals surface area (Å²) in [5.74, 6) is 0.354. The van der Waals surface area contributed by atoms with Crippen molar-refractivity contribution in [1.82, 2.24) is 9.99 Å². The Morgan fingerprint density at radius 3 is 2.28 bits per heavy atom. The van der Waals surface area contributed by atoms with Gasteiger partial charge in [-0.05, 0) is 48.0 Å².